The van der Waals surface area contributed by atoms with Crippen molar-refractivity contribution in [2.75, 3.05) is 5.75 Å². The fraction of sp³-hybridized carbons (Fsp3) is 0.176. The van der Waals surface area contributed by atoms with Gasteiger partial charge in [0.05, 0.1) is 20.9 Å². The summed E-state index contributed by atoms with van der Waals surface area (Å²) in [6.07, 6.45) is -0.242. The molecule has 0 N–H and O–H groups in total. The third-order valence-corrected chi connectivity index (χ3v) is 6.83. The lowest BCUT2D eigenvalue weighted by Gasteiger charge is -2.02. The normalized spacial score (nSPS) is 12.7. The monoisotopic (exact) mass is 412 g/mol. The van der Waals surface area contributed by atoms with Crippen molar-refractivity contribution in [3.8, 4) is 0 Å². The zero-order valence-electron chi connectivity index (χ0n) is 13.6. The molecule has 0 spiro atoms. The molecule has 0 saturated heterocycles. The van der Waals surface area contributed by atoms with Crippen LogP contribution in [-0.4, -0.2) is 24.6 Å². The molecule has 0 aliphatic heterocycles. The van der Waals surface area contributed by atoms with E-state index in [1.807, 2.05) is 0 Å². The standard InChI is InChI=1S/C17H14ClFN2O3S2/c1-21-14-7-4-12(19)10-15(14)25-17(21)20-16(22)8-9-26(23,24)13-5-2-11(18)3-6-13/h2-7,10H,8-9H2,1H3. The summed E-state index contributed by atoms with van der Waals surface area (Å²) in [6, 6.07) is 10.1. The summed E-state index contributed by atoms with van der Waals surface area (Å²) in [4.78, 5) is 16.6. The molecular formula is C17H14ClFN2O3S2. The summed E-state index contributed by atoms with van der Waals surface area (Å²) in [5, 5.41) is 0.434. The first-order chi connectivity index (χ1) is 12.3. The number of nitrogens with zero attached hydrogens (tertiary/aromatic N) is 2. The van der Waals surface area contributed by atoms with Crippen LogP contribution in [0.15, 0.2) is 52.4 Å². The molecule has 0 unspecified atom stereocenters. The molecule has 0 fully saturated rings. The Morgan fingerprint density at radius 2 is 1.92 bits per heavy atom. The fourth-order valence-corrected chi connectivity index (χ4v) is 4.77. The SMILES string of the molecule is Cn1c(=NC(=O)CCS(=O)(=O)c2ccc(Cl)cc2)sc2cc(F)ccc21. The summed E-state index contributed by atoms with van der Waals surface area (Å²) >= 11 is 6.92. The van der Waals surface area contributed by atoms with Gasteiger partial charge in [-0.25, -0.2) is 12.8 Å². The van der Waals surface area contributed by atoms with Crippen molar-refractivity contribution in [1.29, 1.82) is 0 Å². The molecule has 0 saturated carbocycles. The van der Waals surface area contributed by atoms with E-state index < -0.39 is 15.7 Å². The molecular weight excluding hydrogens is 399 g/mol. The molecule has 0 bridgehead atoms. The Labute approximate surface area is 158 Å². The summed E-state index contributed by atoms with van der Waals surface area (Å²) < 4.78 is 40.2. The van der Waals surface area contributed by atoms with E-state index in [-0.39, 0.29) is 22.9 Å². The van der Waals surface area contributed by atoms with Gasteiger partial charge in [0.2, 0.25) is 5.91 Å². The summed E-state index contributed by atoms with van der Waals surface area (Å²) in [7, 11) is -1.88. The molecule has 1 amide bonds. The first-order valence-electron chi connectivity index (χ1n) is 7.57. The third-order valence-electron chi connectivity index (χ3n) is 3.75. The molecule has 0 aliphatic carbocycles. The van der Waals surface area contributed by atoms with Gasteiger partial charge in [0.1, 0.15) is 5.82 Å². The Morgan fingerprint density at radius 3 is 2.62 bits per heavy atom. The second kappa shape index (κ2) is 7.30. The maximum absolute atomic E-state index is 13.3. The zero-order valence-corrected chi connectivity index (χ0v) is 16.0. The van der Waals surface area contributed by atoms with Crippen LogP contribution in [0.25, 0.3) is 10.2 Å². The summed E-state index contributed by atoms with van der Waals surface area (Å²) in [5.41, 5.74) is 0.747. The second-order valence-corrected chi connectivity index (χ2v) is 9.14. The highest BCUT2D eigenvalue weighted by atomic mass is 35.5. The van der Waals surface area contributed by atoms with Gasteiger partial charge in [-0.1, -0.05) is 22.9 Å². The minimum absolute atomic E-state index is 0.109. The highest BCUT2D eigenvalue weighted by Crippen LogP contribution is 2.18. The third kappa shape index (κ3) is 4.03. The number of sulfone groups is 1. The van der Waals surface area contributed by atoms with E-state index in [0.717, 1.165) is 5.52 Å². The number of benzene rings is 2. The van der Waals surface area contributed by atoms with Crippen LogP contribution in [0.3, 0.4) is 0 Å². The Hall–Kier alpha value is -2.03. The number of carbonyl (C=O) groups excluding carboxylic acids is 1. The molecule has 136 valence electrons. The van der Waals surface area contributed by atoms with Crippen LogP contribution in [0, 0.1) is 5.82 Å². The number of fused-ring (bicyclic) bond motifs is 1. The largest absolute Gasteiger partial charge is 0.319 e. The Morgan fingerprint density at radius 1 is 1.23 bits per heavy atom. The highest BCUT2D eigenvalue weighted by Gasteiger charge is 2.16. The predicted molar refractivity (Wildman–Crippen MR) is 99.4 cm³/mol. The molecule has 0 aliphatic rings. The molecule has 3 rings (SSSR count). The van der Waals surface area contributed by atoms with E-state index in [2.05, 4.69) is 4.99 Å². The van der Waals surface area contributed by atoms with E-state index in [9.17, 15) is 17.6 Å². The fourth-order valence-electron chi connectivity index (χ4n) is 2.36. The molecule has 2 aromatic carbocycles. The number of rotatable bonds is 4. The van der Waals surface area contributed by atoms with Gasteiger partial charge in [-0.15, -0.1) is 0 Å². The highest BCUT2D eigenvalue weighted by molar-refractivity contribution is 7.91. The lowest BCUT2D eigenvalue weighted by Crippen LogP contribution is -2.15. The zero-order chi connectivity index (χ0) is 18.9. The van der Waals surface area contributed by atoms with Crippen molar-refractivity contribution in [3.05, 3.63) is 58.1 Å². The lowest BCUT2D eigenvalue weighted by molar-refractivity contribution is -0.117. The number of aryl methyl sites for hydroxylation is 1. The van der Waals surface area contributed by atoms with Gasteiger partial charge in [0.25, 0.3) is 0 Å². The minimum atomic E-state index is -3.60. The second-order valence-electron chi connectivity index (χ2n) is 5.58. The van der Waals surface area contributed by atoms with Crippen LogP contribution < -0.4 is 4.80 Å². The van der Waals surface area contributed by atoms with E-state index in [0.29, 0.717) is 14.5 Å². The topological polar surface area (TPSA) is 68.5 Å². The van der Waals surface area contributed by atoms with Crippen molar-refractivity contribution in [2.45, 2.75) is 11.3 Å². The minimum Gasteiger partial charge on any atom is -0.319 e. The van der Waals surface area contributed by atoms with Gasteiger partial charge in [0.15, 0.2) is 14.6 Å². The number of hydrogen-bond acceptors (Lipinski definition) is 4. The van der Waals surface area contributed by atoms with E-state index in [1.54, 1.807) is 17.7 Å². The molecule has 1 heterocycles. The van der Waals surface area contributed by atoms with E-state index in [4.69, 9.17) is 11.6 Å². The van der Waals surface area contributed by atoms with Crippen LogP contribution in [-0.2, 0) is 21.7 Å². The van der Waals surface area contributed by atoms with Gasteiger partial charge in [-0.3, -0.25) is 4.79 Å². The first-order valence-corrected chi connectivity index (χ1v) is 10.4. The van der Waals surface area contributed by atoms with Gasteiger partial charge in [-0.2, -0.15) is 4.99 Å². The number of hydrogen-bond donors (Lipinski definition) is 0. The van der Waals surface area contributed by atoms with Gasteiger partial charge >= 0.3 is 0 Å². The molecule has 0 atom stereocenters. The number of thiazole rings is 1. The van der Waals surface area contributed by atoms with Crippen LogP contribution in [0.4, 0.5) is 4.39 Å². The average molecular weight is 413 g/mol. The van der Waals surface area contributed by atoms with Gasteiger partial charge in [0, 0.05) is 18.5 Å². The number of aromatic nitrogens is 1. The maximum atomic E-state index is 13.3. The van der Waals surface area contributed by atoms with Crippen molar-refractivity contribution in [3.63, 3.8) is 0 Å². The predicted octanol–water partition coefficient (Wildman–Crippen LogP) is 3.32. The number of amides is 1. The first kappa shape index (κ1) is 18.8. The smallest absolute Gasteiger partial charge is 0.249 e. The van der Waals surface area contributed by atoms with Crippen molar-refractivity contribution >= 4 is 48.9 Å². The van der Waals surface area contributed by atoms with Crippen LogP contribution in [0.5, 0.6) is 0 Å². The van der Waals surface area contributed by atoms with Crippen molar-refractivity contribution < 1.29 is 17.6 Å². The Balaban J connectivity index is 1.79. The van der Waals surface area contributed by atoms with Crippen LogP contribution in [0.2, 0.25) is 5.02 Å². The summed E-state index contributed by atoms with van der Waals surface area (Å²) in [6.45, 7) is 0. The molecule has 3 aromatic rings. The molecule has 5 nitrogen and oxygen atoms in total. The van der Waals surface area contributed by atoms with Crippen molar-refractivity contribution in [1.82, 2.24) is 4.57 Å². The molecule has 26 heavy (non-hydrogen) atoms. The summed E-state index contributed by atoms with van der Waals surface area (Å²) in [5.74, 6) is -1.27. The Kier molecular flexibility index (Phi) is 5.27. The van der Waals surface area contributed by atoms with Crippen LogP contribution in [0.1, 0.15) is 6.42 Å². The molecule has 9 heteroatoms. The van der Waals surface area contributed by atoms with E-state index in [1.165, 1.54) is 47.7 Å². The number of carbonyl (C=O) groups is 1. The Bertz CT molecular complexity index is 1150. The van der Waals surface area contributed by atoms with E-state index >= 15 is 0 Å². The van der Waals surface area contributed by atoms with Crippen molar-refractivity contribution in [2.24, 2.45) is 12.0 Å². The van der Waals surface area contributed by atoms with Crippen LogP contribution >= 0.6 is 22.9 Å². The lowest BCUT2D eigenvalue weighted by atomic mass is 10.3. The molecule has 1 aromatic heterocycles. The van der Waals surface area contributed by atoms with Gasteiger partial charge < -0.3 is 4.57 Å². The average Bonchev–Trinajstić information content (AvgIpc) is 2.88. The maximum Gasteiger partial charge on any atom is 0.249 e. The quantitative estimate of drug-likeness (QED) is 0.660. The van der Waals surface area contributed by atoms with Gasteiger partial charge in [-0.05, 0) is 42.5 Å². The molecule has 0 radical (unpaired) electrons. The number of halogens is 2.